The van der Waals surface area contributed by atoms with E-state index in [4.69, 9.17) is 0 Å². The van der Waals surface area contributed by atoms with Crippen molar-refractivity contribution >= 4 is 0 Å². The summed E-state index contributed by atoms with van der Waals surface area (Å²) in [5, 5.41) is 10.4. The zero-order chi connectivity index (χ0) is 10.0. The molecule has 1 aliphatic carbocycles. The van der Waals surface area contributed by atoms with Crippen molar-refractivity contribution in [2.45, 2.75) is 50.5 Å². The first-order valence-corrected chi connectivity index (χ1v) is 6.09. The van der Waals surface area contributed by atoms with E-state index in [-0.39, 0.29) is 5.60 Å². The standard InChI is InChI=1S/C12H23NO/c1-13-8-7-12(14,10-13)9-11-5-3-2-4-6-11/h11,14H,2-10H2,1H3. The predicted molar refractivity (Wildman–Crippen MR) is 58.3 cm³/mol. The second kappa shape index (κ2) is 4.19. The molecule has 0 aromatic carbocycles. The van der Waals surface area contributed by atoms with Crippen LogP contribution in [0.5, 0.6) is 0 Å². The van der Waals surface area contributed by atoms with Crippen molar-refractivity contribution in [2.24, 2.45) is 5.92 Å². The molecule has 0 spiro atoms. The molecule has 1 saturated carbocycles. The van der Waals surface area contributed by atoms with E-state index in [2.05, 4.69) is 11.9 Å². The average molecular weight is 197 g/mol. The van der Waals surface area contributed by atoms with Gasteiger partial charge in [0.1, 0.15) is 0 Å². The molecule has 1 aliphatic heterocycles. The fourth-order valence-electron chi connectivity index (χ4n) is 3.15. The van der Waals surface area contributed by atoms with Gasteiger partial charge >= 0.3 is 0 Å². The summed E-state index contributed by atoms with van der Waals surface area (Å²) in [7, 11) is 2.11. The molecule has 2 heteroatoms. The first kappa shape index (κ1) is 10.4. The quantitative estimate of drug-likeness (QED) is 0.732. The lowest BCUT2D eigenvalue weighted by atomic mass is 9.80. The third-order valence-electron chi connectivity index (χ3n) is 3.92. The average Bonchev–Trinajstić information content (AvgIpc) is 2.47. The number of nitrogens with zero attached hydrogens (tertiary/aromatic N) is 1. The topological polar surface area (TPSA) is 23.5 Å². The van der Waals surface area contributed by atoms with Gasteiger partial charge in [-0.15, -0.1) is 0 Å². The third kappa shape index (κ3) is 2.48. The molecule has 1 atom stereocenters. The number of aliphatic hydroxyl groups is 1. The highest BCUT2D eigenvalue weighted by molar-refractivity contribution is 4.90. The highest BCUT2D eigenvalue weighted by Gasteiger charge is 2.36. The Morgan fingerprint density at radius 2 is 2.00 bits per heavy atom. The van der Waals surface area contributed by atoms with Gasteiger partial charge in [0.25, 0.3) is 0 Å². The van der Waals surface area contributed by atoms with Crippen molar-refractivity contribution < 1.29 is 5.11 Å². The van der Waals surface area contributed by atoms with Crippen LogP contribution in [0.4, 0.5) is 0 Å². The lowest BCUT2D eigenvalue weighted by Crippen LogP contribution is -2.34. The number of likely N-dealkylation sites (N-methyl/N-ethyl adjacent to an activating group) is 1. The van der Waals surface area contributed by atoms with Crippen LogP contribution in [0.25, 0.3) is 0 Å². The van der Waals surface area contributed by atoms with Crippen molar-refractivity contribution in [2.75, 3.05) is 20.1 Å². The molecule has 0 aromatic heterocycles. The van der Waals surface area contributed by atoms with Gasteiger partial charge in [-0.25, -0.2) is 0 Å². The molecule has 2 nitrogen and oxygen atoms in total. The molecule has 1 saturated heterocycles. The number of β-amino-alcohol motifs (C(OH)–C–C–N with tert-alkyl or cyclic N) is 1. The summed E-state index contributed by atoms with van der Waals surface area (Å²) in [5.74, 6) is 0.806. The van der Waals surface area contributed by atoms with Gasteiger partial charge in [-0.2, -0.15) is 0 Å². The van der Waals surface area contributed by atoms with Crippen LogP contribution >= 0.6 is 0 Å². The van der Waals surface area contributed by atoms with E-state index >= 15 is 0 Å². The van der Waals surface area contributed by atoms with Crippen LogP contribution in [0.15, 0.2) is 0 Å². The molecule has 82 valence electrons. The molecule has 2 rings (SSSR count). The summed E-state index contributed by atoms with van der Waals surface area (Å²) >= 11 is 0. The van der Waals surface area contributed by atoms with Crippen LogP contribution in [0.2, 0.25) is 0 Å². The van der Waals surface area contributed by atoms with Crippen LogP contribution in [-0.2, 0) is 0 Å². The minimum atomic E-state index is -0.350. The number of hydrogen-bond acceptors (Lipinski definition) is 2. The summed E-state index contributed by atoms with van der Waals surface area (Å²) in [6.07, 6.45) is 8.93. The van der Waals surface area contributed by atoms with Crippen molar-refractivity contribution in [3.05, 3.63) is 0 Å². The van der Waals surface area contributed by atoms with Gasteiger partial charge < -0.3 is 10.0 Å². The van der Waals surface area contributed by atoms with Crippen LogP contribution in [0.3, 0.4) is 0 Å². The number of likely N-dealkylation sites (tertiary alicyclic amines) is 1. The Labute approximate surface area is 87.3 Å². The van der Waals surface area contributed by atoms with Gasteiger partial charge in [-0.1, -0.05) is 32.1 Å². The summed E-state index contributed by atoms with van der Waals surface area (Å²) in [6, 6.07) is 0. The molecule has 14 heavy (non-hydrogen) atoms. The number of rotatable bonds is 2. The van der Waals surface area contributed by atoms with E-state index in [0.717, 1.165) is 31.8 Å². The maximum absolute atomic E-state index is 10.4. The normalized spacial score (nSPS) is 36.4. The molecule has 1 heterocycles. The van der Waals surface area contributed by atoms with Crippen molar-refractivity contribution in [1.29, 1.82) is 0 Å². The maximum atomic E-state index is 10.4. The van der Waals surface area contributed by atoms with E-state index in [9.17, 15) is 5.11 Å². The van der Waals surface area contributed by atoms with Crippen molar-refractivity contribution in [1.82, 2.24) is 4.90 Å². The lowest BCUT2D eigenvalue weighted by molar-refractivity contribution is 0.0210. The Kier molecular flexibility index (Phi) is 3.13. The monoisotopic (exact) mass is 197 g/mol. The smallest absolute Gasteiger partial charge is 0.0788 e. The van der Waals surface area contributed by atoms with Crippen LogP contribution in [-0.4, -0.2) is 35.7 Å². The van der Waals surface area contributed by atoms with E-state index < -0.39 is 0 Å². The molecule has 0 amide bonds. The van der Waals surface area contributed by atoms with E-state index in [0.29, 0.717) is 0 Å². The van der Waals surface area contributed by atoms with Gasteiger partial charge in [0, 0.05) is 13.1 Å². The first-order valence-electron chi connectivity index (χ1n) is 6.09. The summed E-state index contributed by atoms with van der Waals surface area (Å²) in [5.41, 5.74) is -0.350. The highest BCUT2D eigenvalue weighted by Crippen LogP contribution is 2.34. The summed E-state index contributed by atoms with van der Waals surface area (Å²) < 4.78 is 0. The Morgan fingerprint density at radius 3 is 2.57 bits per heavy atom. The summed E-state index contributed by atoms with van der Waals surface area (Å²) in [6.45, 7) is 1.96. The Balaban J connectivity index is 1.83. The molecular weight excluding hydrogens is 174 g/mol. The maximum Gasteiger partial charge on any atom is 0.0788 e. The zero-order valence-corrected chi connectivity index (χ0v) is 9.34. The van der Waals surface area contributed by atoms with Crippen LogP contribution in [0, 0.1) is 5.92 Å². The minimum absolute atomic E-state index is 0.350. The molecule has 2 fully saturated rings. The SMILES string of the molecule is CN1CCC(O)(CC2CCCCC2)C1. The predicted octanol–water partition coefficient (Wildman–Crippen LogP) is 2.02. The Morgan fingerprint density at radius 1 is 1.29 bits per heavy atom. The van der Waals surface area contributed by atoms with Gasteiger partial charge in [-0.3, -0.25) is 0 Å². The Hall–Kier alpha value is -0.0800. The van der Waals surface area contributed by atoms with Crippen LogP contribution < -0.4 is 0 Å². The van der Waals surface area contributed by atoms with E-state index in [1.165, 1.54) is 32.1 Å². The molecule has 0 aromatic rings. The van der Waals surface area contributed by atoms with Crippen LogP contribution in [0.1, 0.15) is 44.9 Å². The molecule has 0 bridgehead atoms. The fourth-order valence-corrected chi connectivity index (χ4v) is 3.15. The highest BCUT2D eigenvalue weighted by atomic mass is 16.3. The van der Waals surface area contributed by atoms with Crippen molar-refractivity contribution in [3.63, 3.8) is 0 Å². The molecule has 1 N–H and O–H groups in total. The van der Waals surface area contributed by atoms with Crippen molar-refractivity contribution in [3.8, 4) is 0 Å². The van der Waals surface area contributed by atoms with Gasteiger partial charge in [0.15, 0.2) is 0 Å². The van der Waals surface area contributed by atoms with E-state index in [1.54, 1.807) is 0 Å². The fraction of sp³-hybridized carbons (Fsp3) is 1.00. The largest absolute Gasteiger partial charge is 0.388 e. The second-order valence-electron chi connectivity index (χ2n) is 5.42. The Bertz CT molecular complexity index is 189. The second-order valence-corrected chi connectivity index (χ2v) is 5.42. The first-order chi connectivity index (χ1) is 6.68. The van der Waals surface area contributed by atoms with Gasteiger partial charge in [0.2, 0.25) is 0 Å². The minimum Gasteiger partial charge on any atom is -0.388 e. The third-order valence-corrected chi connectivity index (χ3v) is 3.92. The van der Waals surface area contributed by atoms with Gasteiger partial charge in [0.05, 0.1) is 5.60 Å². The zero-order valence-electron chi connectivity index (χ0n) is 9.34. The molecule has 2 aliphatic rings. The molecular formula is C12H23NO. The number of hydrogen-bond donors (Lipinski definition) is 1. The summed E-state index contributed by atoms with van der Waals surface area (Å²) in [4.78, 5) is 2.25. The molecule has 0 radical (unpaired) electrons. The molecule has 1 unspecified atom stereocenters. The lowest BCUT2D eigenvalue weighted by Gasteiger charge is -2.30. The van der Waals surface area contributed by atoms with Gasteiger partial charge in [-0.05, 0) is 25.8 Å². The van der Waals surface area contributed by atoms with E-state index in [1.807, 2.05) is 0 Å².